The molecule has 23 heavy (non-hydrogen) atoms. The lowest BCUT2D eigenvalue weighted by Gasteiger charge is -2.09. The molecule has 0 aliphatic carbocycles. The van der Waals surface area contributed by atoms with Crippen molar-refractivity contribution in [1.29, 1.82) is 0 Å². The van der Waals surface area contributed by atoms with E-state index in [1.165, 1.54) is 54.9 Å². The van der Waals surface area contributed by atoms with Gasteiger partial charge in [-0.1, -0.05) is 0 Å². The zero-order valence-corrected chi connectivity index (χ0v) is 13.1. The molecular weight excluding hydrogens is 323 g/mol. The maximum Gasteiger partial charge on any atom is 0.419 e. The average Bonchev–Trinajstić information content (AvgIpc) is 2.77. The first kappa shape index (κ1) is 15.3. The molecule has 120 valence electrons. The SMILES string of the molecule is Cc1cc(NS(=O)(=O)c2ccc3c(c2)oc(=O)n3C)ccc1F. The molecule has 0 fully saturated rings. The van der Waals surface area contributed by atoms with Crippen LogP contribution >= 0.6 is 0 Å². The Bertz CT molecular complexity index is 1070. The Morgan fingerprint density at radius 1 is 1.17 bits per heavy atom. The molecule has 1 heterocycles. The number of anilines is 1. The van der Waals surface area contributed by atoms with E-state index >= 15 is 0 Å². The molecule has 0 unspecified atom stereocenters. The fourth-order valence-electron chi connectivity index (χ4n) is 2.20. The number of halogens is 1. The Morgan fingerprint density at radius 2 is 1.91 bits per heavy atom. The number of fused-ring (bicyclic) bond motifs is 1. The molecule has 2 aromatic carbocycles. The normalized spacial score (nSPS) is 11.8. The van der Waals surface area contributed by atoms with E-state index in [0.29, 0.717) is 11.1 Å². The summed E-state index contributed by atoms with van der Waals surface area (Å²) in [5.41, 5.74) is 1.25. The largest absolute Gasteiger partial charge is 0.419 e. The van der Waals surface area contributed by atoms with Gasteiger partial charge >= 0.3 is 5.76 Å². The van der Waals surface area contributed by atoms with Crippen LogP contribution in [0.3, 0.4) is 0 Å². The average molecular weight is 336 g/mol. The maximum atomic E-state index is 13.2. The zero-order chi connectivity index (χ0) is 16.8. The molecule has 6 nitrogen and oxygen atoms in total. The fourth-order valence-corrected chi connectivity index (χ4v) is 3.27. The predicted octanol–water partition coefficient (Wildman–Crippen LogP) is 2.38. The van der Waals surface area contributed by atoms with E-state index in [0.717, 1.165) is 0 Å². The Kier molecular flexibility index (Phi) is 3.48. The standard InChI is InChI=1S/C15H13FN2O4S/c1-9-7-10(3-5-12(9)16)17-23(20,21)11-4-6-13-14(8-11)22-15(19)18(13)2/h3-8,17H,1-2H3. The van der Waals surface area contributed by atoms with Gasteiger partial charge in [0.25, 0.3) is 10.0 Å². The third-order valence-corrected chi connectivity index (χ3v) is 4.86. The van der Waals surface area contributed by atoms with Gasteiger partial charge in [-0.25, -0.2) is 17.6 Å². The van der Waals surface area contributed by atoms with Crippen molar-refractivity contribution in [2.45, 2.75) is 11.8 Å². The molecular formula is C15H13FN2O4S. The van der Waals surface area contributed by atoms with Gasteiger partial charge in [-0.15, -0.1) is 0 Å². The Hall–Kier alpha value is -2.61. The van der Waals surface area contributed by atoms with E-state index in [4.69, 9.17) is 4.42 Å². The molecule has 0 atom stereocenters. The summed E-state index contributed by atoms with van der Waals surface area (Å²) in [5.74, 6) is -0.989. The summed E-state index contributed by atoms with van der Waals surface area (Å²) in [4.78, 5) is 11.4. The molecule has 8 heteroatoms. The third-order valence-electron chi connectivity index (χ3n) is 3.48. The van der Waals surface area contributed by atoms with Crippen LogP contribution in [0.15, 0.2) is 50.5 Å². The van der Waals surface area contributed by atoms with E-state index in [1.807, 2.05) is 0 Å². The second-order valence-corrected chi connectivity index (χ2v) is 6.81. The second kappa shape index (κ2) is 5.24. The van der Waals surface area contributed by atoms with E-state index in [-0.39, 0.29) is 16.2 Å². The topological polar surface area (TPSA) is 81.3 Å². The quantitative estimate of drug-likeness (QED) is 0.796. The fraction of sp³-hybridized carbons (Fsp3) is 0.133. The minimum Gasteiger partial charge on any atom is -0.408 e. The molecule has 0 bridgehead atoms. The van der Waals surface area contributed by atoms with Gasteiger partial charge in [-0.3, -0.25) is 9.29 Å². The van der Waals surface area contributed by atoms with Crippen LogP contribution in [0.2, 0.25) is 0 Å². The highest BCUT2D eigenvalue weighted by atomic mass is 32.2. The first-order chi connectivity index (χ1) is 10.8. The van der Waals surface area contributed by atoms with Crippen LogP contribution < -0.4 is 10.5 Å². The monoisotopic (exact) mass is 336 g/mol. The van der Waals surface area contributed by atoms with Crippen LogP contribution in [-0.2, 0) is 17.1 Å². The molecule has 0 amide bonds. The first-order valence-electron chi connectivity index (χ1n) is 6.66. The first-order valence-corrected chi connectivity index (χ1v) is 8.15. The van der Waals surface area contributed by atoms with Crippen molar-refractivity contribution in [3.8, 4) is 0 Å². The summed E-state index contributed by atoms with van der Waals surface area (Å²) < 4.78 is 46.7. The number of benzene rings is 2. The number of aryl methyl sites for hydroxylation is 2. The summed E-state index contributed by atoms with van der Waals surface area (Å²) in [6.45, 7) is 1.54. The number of sulfonamides is 1. The van der Waals surface area contributed by atoms with Crippen LogP contribution in [0.25, 0.3) is 11.1 Å². The van der Waals surface area contributed by atoms with E-state index in [9.17, 15) is 17.6 Å². The molecule has 0 saturated carbocycles. The van der Waals surface area contributed by atoms with Crippen molar-refractivity contribution < 1.29 is 17.2 Å². The lowest BCUT2D eigenvalue weighted by atomic mass is 10.2. The van der Waals surface area contributed by atoms with Crippen LogP contribution in [0.5, 0.6) is 0 Å². The van der Waals surface area contributed by atoms with Crippen molar-refractivity contribution in [1.82, 2.24) is 4.57 Å². The number of hydrogen-bond acceptors (Lipinski definition) is 4. The highest BCUT2D eigenvalue weighted by Crippen LogP contribution is 2.22. The summed E-state index contributed by atoms with van der Waals surface area (Å²) in [5, 5.41) is 0. The van der Waals surface area contributed by atoms with Crippen molar-refractivity contribution in [3.05, 3.63) is 58.3 Å². The number of nitrogens with one attached hydrogen (secondary N) is 1. The van der Waals surface area contributed by atoms with Gasteiger partial charge in [0.1, 0.15) is 5.82 Å². The van der Waals surface area contributed by atoms with Crippen molar-refractivity contribution >= 4 is 26.8 Å². The van der Waals surface area contributed by atoms with Gasteiger partial charge in [-0.05, 0) is 42.8 Å². The van der Waals surface area contributed by atoms with E-state index in [2.05, 4.69) is 4.72 Å². The Morgan fingerprint density at radius 3 is 2.61 bits per heavy atom. The van der Waals surface area contributed by atoms with Gasteiger partial charge in [0.15, 0.2) is 5.58 Å². The molecule has 0 spiro atoms. The van der Waals surface area contributed by atoms with Gasteiger partial charge in [0, 0.05) is 18.8 Å². The van der Waals surface area contributed by atoms with Gasteiger partial charge in [-0.2, -0.15) is 0 Å². The van der Waals surface area contributed by atoms with Crippen LogP contribution in [0, 0.1) is 12.7 Å². The van der Waals surface area contributed by atoms with Crippen molar-refractivity contribution in [2.24, 2.45) is 7.05 Å². The Balaban J connectivity index is 2.01. The molecule has 3 aromatic rings. The number of aromatic nitrogens is 1. The summed E-state index contributed by atoms with van der Waals surface area (Å²) in [6, 6.07) is 8.05. The van der Waals surface area contributed by atoms with Crippen LogP contribution in [0.4, 0.5) is 10.1 Å². The van der Waals surface area contributed by atoms with E-state index < -0.39 is 21.6 Å². The summed E-state index contributed by atoms with van der Waals surface area (Å²) in [7, 11) is -2.35. The summed E-state index contributed by atoms with van der Waals surface area (Å²) >= 11 is 0. The molecule has 1 N–H and O–H groups in total. The predicted molar refractivity (Wildman–Crippen MR) is 83.4 cm³/mol. The number of rotatable bonds is 3. The molecule has 0 saturated heterocycles. The number of oxazole rings is 1. The molecule has 1 aromatic heterocycles. The second-order valence-electron chi connectivity index (χ2n) is 5.13. The lowest BCUT2D eigenvalue weighted by Crippen LogP contribution is -2.13. The van der Waals surface area contributed by atoms with Gasteiger partial charge in [0.05, 0.1) is 10.4 Å². The third kappa shape index (κ3) is 2.72. The minimum absolute atomic E-state index is 0.0543. The molecule has 3 rings (SSSR count). The van der Waals surface area contributed by atoms with Gasteiger partial charge in [0.2, 0.25) is 0 Å². The zero-order valence-electron chi connectivity index (χ0n) is 12.3. The summed E-state index contributed by atoms with van der Waals surface area (Å²) in [6.07, 6.45) is 0. The number of nitrogens with zero attached hydrogens (tertiary/aromatic N) is 1. The van der Waals surface area contributed by atoms with Crippen LogP contribution in [0.1, 0.15) is 5.56 Å². The highest BCUT2D eigenvalue weighted by Gasteiger charge is 2.17. The molecule has 0 aliphatic heterocycles. The minimum atomic E-state index is -3.88. The molecule has 0 radical (unpaired) electrons. The molecule has 0 aliphatic rings. The van der Waals surface area contributed by atoms with Crippen molar-refractivity contribution in [2.75, 3.05) is 4.72 Å². The van der Waals surface area contributed by atoms with Crippen molar-refractivity contribution in [3.63, 3.8) is 0 Å². The van der Waals surface area contributed by atoms with Crippen LogP contribution in [-0.4, -0.2) is 13.0 Å². The Labute approximate surface area is 131 Å². The number of hydrogen-bond donors (Lipinski definition) is 1. The smallest absolute Gasteiger partial charge is 0.408 e. The van der Waals surface area contributed by atoms with E-state index in [1.54, 1.807) is 0 Å². The highest BCUT2D eigenvalue weighted by molar-refractivity contribution is 7.92. The van der Waals surface area contributed by atoms with Gasteiger partial charge < -0.3 is 4.42 Å². The maximum absolute atomic E-state index is 13.2. The lowest BCUT2D eigenvalue weighted by molar-refractivity contribution is 0.527.